The molecule has 280 valence electrons. The Balaban J connectivity index is 0.000000208. The van der Waals surface area contributed by atoms with E-state index >= 15 is 0 Å². The van der Waals surface area contributed by atoms with Crippen LogP contribution in [0.5, 0.6) is 11.5 Å². The smallest absolute Gasteiger partial charge is 0.119 e. The van der Waals surface area contributed by atoms with Crippen LogP contribution in [-0.4, -0.2) is 27.6 Å². The number of methoxy groups -OCH3 is 1. The van der Waals surface area contributed by atoms with E-state index in [0.29, 0.717) is 6.61 Å². The summed E-state index contributed by atoms with van der Waals surface area (Å²) in [5, 5.41) is 6.37. The van der Waals surface area contributed by atoms with Gasteiger partial charge in [-0.2, -0.15) is 0 Å². The Morgan fingerprint density at radius 2 is 0.804 bits per heavy atom. The molecule has 7 aromatic rings. The van der Waals surface area contributed by atoms with E-state index in [1.807, 2.05) is 24.3 Å². The molecule has 0 unspecified atom stereocenters. The van der Waals surface area contributed by atoms with Gasteiger partial charge in [0.25, 0.3) is 0 Å². The average molecular weight is 831 g/mol. The highest BCUT2D eigenvalue weighted by atomic mass is 79.9. The SMILES string of the molecule is COc1ccc(/C=C/c2ccc(/C=C/c3ccc(CNCc4ccc([SiH3])cc4)cc3)cc2)cc1.[SiH3]c1ccc(COc2ccc(-c3ccc(Br)cc3)cc2)cc1. The Hall–Kier alpha value is -5.51. The monoisotopic (exact) mass is 829 g/mol. The number of benzene rings is 7. The normalized spacial score (nSPS) is 11.1. The molecule has 7 aromatic carbocycles. The molecule has 0 saturated carbocycles. The number of hydrogen-bond donors (Lipinski definition) is 1. The van der Waals surface area contributed by atoms with Crippen molar-refractivity contribution in [1.82, 2.24) is 5.32 Å². The van der Waals surface area contributed by atoms with Crippen LogP contribution in [0, 0.1) is 0 Å². The molecule has 0 spiro atoms. The largest absolute Gasteiger partial charge is 0.497 e. The molecule has 0 fully saturated rings. The molecule has 0 aliphatic heterocycles. The lowest BCUT2D eigenvalue weighted by molar-refractivity contribution is 0.306. The third-order valence-electron chi connectivity index (χ3n) is 9.31. The van der Waals surface area contributed by atoms with Crippen LogP contribution >= 0.6 is 15.9 Å². The zero-order chi connectivity index (χ0) is 39.0. The fraction of sp³-hybridized carbons (Fsp3) is 0.0800. The Bertz CT molecular complexity index is 2290. The maximum absolute atomic E-state index is 5.85. The second kappa shape index (κ2) is 21.0. The molecule has 0 aliphatic rings. The molecule has 0 aliphatic carbocycles. The van der Waals surface area contributed by atoms with E-state index in [-0.39, 0.29) is 0 Å². The highest BCUT2D eigenvalue weighted by molar-refractivity contribution is 9.10. The minimum absolute atomic E-state index is 0.611. The second-order valence-corrected chi connectivity index (χ2v) is 17.0. The topological polar surface area (TPSA) is 30.5 Å². The van der Waals surface area contributed by atoms with Gasteiger partial charge in [-0.15, -0.1) is 0 Å². The maximum Gasteiger partial charge on any atom is 0.119 e. The van der Waals surface area contributed by atoms with Crippen molar-refractivity contribution in [2.45, 2.75) is 19.7 Å². The van der Waals surface area contributed by atoms with Crippen LogP contribution in [0.3, 0.4) is 0 Å². The highest BCUT2D eigenvalue weighted by Gasteiger charge is 2.01. The van der Waals surface area contributed by atoms with Crippen LogP contribution in [0.2, 0.25) is 0 Å². The molecule has 7 rings (SSSR count). The van der Waals surface area contributed by atoms with Gasteiger partial charge in [0.05, 0.1) is 7.11 Å². The van der Waals surface area contributed by atoms with E-state index < -0.39 is 0 Å². The highest BCUT2D eigenvalue weighted by Crippen LogP contribution is 2.24. The first kappa shape index (κ1) is 40.2. The van der Waals surface area contributed by atoms with Crippen molar-refractivity contribution in [3.63, 3.8) is 0 Å². The predicted molar refractivity (Wildman–Crippen MR) is 250 cm³/mol. The quantitative estimate of drug-likeness (QED) is 0.0931. The molecule has 3 nitrogen and oxygen atoms in total. The Morgan fingerprint density at radius 3 is 1.25 bits per heavy atom. The van der Waals surface area contributed by atoms with E-state index in [4.69, 9.17) is 9.47 Å². The van der Waals surface area contributed by atoms with Gasteiger partial charge >= 0.3 is 0 Å². The number of ether oxygens (including phenoxy) is 2. The van der Waals surface area contributed by atoms with Crippen molar-refractivity contribution in [3.8, 4) is 22.6 Å². The first-order valence-electron chi connectivity index (χ1n) is 18.9. The molecule has 6 heteroatoms. The van der Waals surface area contributed by atoms with Crippen LogP contribution in [0.15, 0.2) is 174 Å². The van der Waals surface area contributed by atoms with Gasteiger partial charge in [0.15, 0.2) is 0 Å². The van der Waals surface area contributed by atoms with Crippen LogP contribution < -0.4 is 25.2 Å². The molecular weight excluding hydrogens is 783 g/mol. The summed E-state index contributed by atoms with van der Waals surface area (Å²) < 4.78 is 12.1. The first-order valence-corrected chi connectivity index (χ1v) is 21.7. The molecule has 56 heavy (non-hydrogen) atoms. The van der Waals surface area contributed by atoms with Gasteiger partial charge in [-0.05, 0) is 86.5 Å². The molecule has 0 amide bonds. The van der Waals surface area contributed by atoms with E-state index in [1.54, 1.807) is 7.11 Å². The van der Waals surface area contributed by atoms with Crippen molar-refractivity contribution in [3.05, 3.63) is 213 Å². The third-order valence-corrected chi connectivity index (χ3v) is 11.2. The van der Waals surface area contributed by atoms with Crippen molar-refractivity contribution >= 4 is 71.1 Å². The lowest BCUT2D eigenvalue weighted by atomic mass is 10.1. The van der Waals surface area contributed by atoms with Gasteiger partial charge in [0.1, 0.15) is 18.1 Å². The Kier molecular flexibility index (Phi) is 15.0. The van der Waals surface area contributed by atoms with Crippen molar-refractivity contribution < 1.29 is 9.47 Å². The summed E-state index contributed by atoms with van der Waals surface area (Å²) in [5.74, 6) is 1.77. The summed E-state index contributed by atoms with van der Waals surface area (Å²) in [5.41, 5.74) is 11.0. The molecule has 0 radical (unpaired) electrons. The summed E-state index contributed by atoms with van der Waals surface area (Å²) >= 11 is 3.46. The van der Waals surface area contributed by atoms with Crippen LogP contribution in [0.4, 0.5) is 0 Å². The Morgan fingerprint density at radius 1 is 0.446 bits per heavy atom. The molecule has 0 bridgehead atoms. The lowest BCUT2D eigenvalue weighted by Crippen LogP contribution is -2.13. The molecule has 0 aromatic heterocycles. The standard InChI is InChI=1S/C31H31NOSi.C19H17BrOSi/c1-33-30-18-14-27(15-19-30)9-8-25-4-2-24(3-5-25)6-7-26-10-12-28(13-11-26)22-32-23-29-16-20-31(34)21-17-29;20-17-7-3-15(4-8-17)16-5-9-18(10-6-16)21-13-14-1-11-19(22)12-2-14/h2-21,32H,22-23H2,1,34H3;1-12H,13H2,22H3/b7-6+,9-8+;. The van der Waals surface area contributed by atoms with Crippen molar-refractivity contribution in [2.24, 2.45) is 0 Å². The van der Waals surface area contributed by atoms with E-state index in [9.17, 15) is 0 Å². The number of rotatable bonds is 13. The maximum atomic E-state index is 5.85. The van der Waals surface area contributed by atoms with Gasteiger partial charge in [0.2, 0.25) is 0 Å². The van der Waals surface area contributed by atoms with Crippen molar-refractivity contribution in [1.29, 1.82) is 0 Å². The van der Waals surface area contributed by atoms with Gasteiger partial charge in [-0.3, -0.25) is 0 Å². The van der Waals surface area contributed by atoms with Gasteiger partial charge in [-0.1, -0.05) is 184 Å². The predicted octanol–water partition coefficient (Wildman–Crippen LogP) is 9.00. The fourth-order valence-corrected chi connectivity index (χ4v) is 6.79. The summed E-state index contributed by atoms with van der Waals surface area (Å²) in [7, 11) is 3.89. The first-order chi connectivity index (χ1) is 27.4. The molecular formula is C50H48BrNO2Si2. The van der Waals surface area contributed by atoms with Crippen molar-refractivity contribution in [2.75, 3.05) is 7.11 Å². The second-order valence-electron chi connectivity index (χ2n) is 13.7. The number of hydrogen-bond acceptors (Lipinski definition) is 3. The molecule has 0 saturated heterocycles. The van der Waals surface area contributed by atoms with Crippen LogP contribution in [0.1, 0.15) is 38.9 Å². The zero-order valence-electron chi connectivity index (χ0n) is 32.3. The van der Waals surface area contributed by atoms with Crippen LogP contribution in [-0.2, 0) is 19.7 Å². The molecule has 0 heterocycles. The van der Waals surface area contributed by atoms with E-state index in [1.165, 1.54) is 54.9 Å². The van der Waals surface area contributed by atoms with Gasteiger partial charge < -0.3 is 14.8 Å². The van der Waals surface area contributed by atoms with E-state index in [2.05, 4.69) is 191 Å². The summed E-state index contributed by atoms with van der Waals surface area (Å²) in [4.78, 5) is 0. The zero-order valence-corrected chi connectivity index (χ0v) is 37.9. The Labute approximate surface area is 346 Å². The summed E-state index contributed by atoms with van der Waals surface area (Å²) in [6.07, 6.45) is 8.56. The van der Waals surface area contributed by atoms with Gasteiger partial charge in [0, 0.05) is 38.0 Å². The summed E-state index contributed by atoms with van der Waals surface area (Å²) in [6, 6.07) is 59.4. The fourth-order valence-electron chi connectivity index (χ4n) is 5.86. The minimum atomic E-state index is 0.611. The van der Waals surface area contributed by atoms with E-state index in [0.717, 1.165) is 55.1 Å². The van der Waals surface area contributed by atoms with Crippen LogP contribution in [0.25, 0.3) is 35.4 Å². The number of nitrogens with one attached hydrogen (secondary N) is 1. The van der Waals surface area contributed by atoms with Gasteiger partial charge in [-0.25, -0.2) is 0 Å². The lowest BCUT2D eigenvalue weighted by Gasteiger charge is -2.08. The third kappa shape index (κ3) is 13.1. The summed E-state index contributed by atoms with van der Waals surface area (Å²) in [6.45, 7) is 2.38. The minimum Gasteiger partial charge on any atom is -0.497 e. The molecule has 0 atom stereocenters. The molecule has 1 N–H and O–H groups in total. The average Bonchev–Trinajstić information content (AvgIpc) is 3.24. The number of halogens is 1.